The van der Waals surface area contributed by atoms with Crippen molar-refractivity contribution >= 4 is 29.3 Å². The Kier molecular flexibility index (Phi) is 6.78. The number of rotatable bonds is 4. The summed E-state index contributed by atoms with van der Waals surface area (Å²) in [5, 5.41) is 5.85. The minimum absolute atomic E-state index is 0.184. The van der Waals surface area contributed by atoms with Crippen molar-refractivity contribution in [1.82, 2.24) is 15.3 Å². The Morgan fingerprint density at radius 1 is 1.29 bits per heavy atom. The van der Waals surface area contributed by atoms with Crippen LogP contribution in [0.4, 0.5) is 9.18 Å². The Balaban J connectivity index is 1.68. The van der Waals surface area contributed by atoms with Gasteiger partial charge in [-0.25, -0.2) is 9.18 Å². The molecule has 1 atom stereocenters. The van der Waals surface area contributed by atoms with Gasteiger partial charge in [0.05, 0.1) is 16.1 Å². The van der Waals surface area contributed by atoms with Gasteiger partial charge >= 0.3 is 6.09 Å². The van der Waals surface area contributed by atoms with E-state index in [4.69, 9.17) is 28.0 Å². The first kappa shape index (κ1) is 20.9. The molecule has 2 aromatic carbocycles. The smallest absolute Gasteiger partial charge is 0.350 e. The van der Waals surface area contributed by atoms with E-state index in [9.17, 15) is 9.18 Å². The predicted molar refractivity (Wildman–Crippen MR) is 108 cm³/mol. The lowest BCUT2D eigenvalue weighted by molar-refractivity contribution is -0.150. The van der Waals surface area contributed by atoms with Crippen LogP contribution in [0.15, 0.2) is 36.4 Å². The van der Waals surface area contributed by atoms with Crippen molar-refractivity contribution in [3.63, 3.8) is 0 Å². The zero-order chi connectivity index (χ0) is 20.3. The van der Waals surface area contributed by atoms with Crippen LogP contribution >= 0.6 is 23.2 Å². The molecule has 0 spiro atoms. The number of hydroxylamine groups is 2. The molecule has 5 nitrogen and oxygen atoms in total. The number of piperazine rings is 1. The van der Waals surface area contributed by atoms with Crippen LogP contribution in [-0.4, -0.2) is 42.7 Å². The third-order valence-corrected chi connectivity index (χ3v) is 5.43. The summed E-state index contributed by atoms with van der Waals surface area (Å²) in [4.78, 5) is 19.7. The van der Waals surface area contributed by atoms with Crippen LogP contribution in [-0.2, 0) is 11.4 Å². The molecule has 0 unspecified atom stereocenters. The monoisotopic (exact) mass is 425 g/mol. The summed E-state index contributed by atoms with van der Waals surface area (Å²) in [7, 11) is 1.66. The predicted octanol–water partition coefficient (Wildman–Crippen LogP) is 4.57. The Morgan fingerprint density at radius 3 is 2.79 bits per heavy atom. The zero-order valence-electron chi connectivity index (χ0n) is 15.7. The van der Waals surface area contributed by atoms with Gasteiger partial charge in [0.25, 0.3) is 0 Å². The second-order valence-electron chi connectivity index (χ2n) is 6.82. The lowest BCUT2D eigenvalue weighted by Gasteiger charge is -2.36. The molecule has 1 aliphatic heterocycles. The van der Waals surface area contributed by atoms with E-state index in [0.29, 0.717) is 36.2 Å². The first-order valence-corrected chi connectivity index (χ1v) is 9.71. The van der Waals surface area contributed by atoms with Crippen molar-refractivity contribution in [2.24, 2.45) is 0 Å². The lowest BCUT2D eigenvalue weighted by atomic mass is 9.99. The first-order valence-electron chi connectivity index (χ1n) is 8.95. The number of nitrogens with zero attached hydrogens (tertiary/aromatic N) is 2. The highest BCUT2D eigenvalue weighted by atomic mass is 35.5. The van der Waals surface area contributed by atoms with Crippen LogP contribution in [0.25, 0.3) is 0 Å². The van der Waals surface area contributed by atoms with Gasteiger partial charge in [-0.1, -0.05) is 35.3 Å². The van der Waals surface area contributed by atoms with Crippen molar-refractivity contribution in [3.8, 4) is 0 Å². The number of hydrogen-bond acceptors (Lipinski definition) is 4. The molecule has 0 aliphatic carbocycles. The van der Waals surface area contributed by atoms with Gasteiger partial charge in [-0.15, -0.1) is 5.06 Å². The maximum absolute atomic E-state index is 13.4. The van der Waals surface area contributed by atoms with Crippen LogP contribution < -0.4 is 5.32 Å². The molecule has 0 bridgehead atoms. The summed E-state index contributed by atoms with van der Waals surface area (Å²) in [5.74, 6) is -0.282. The molecule has 8 heteroatoms. The zero-order valence-corrected chi connectivity index (χ0v) is 17.2. The van der Waals surface area contributed by atoms with Crippen molar-refractivity contribution in [3.05, 3.63) is 69.0 Å². The molecular formula is C20H22Cl2FN3O2. The van der Waals surface area contributed by atoms with Crippen molar-refractivity contribution in [2.75, 3.05) is 26.7 Å². The van der Waals surface area contributed by atoms with Crippen LogP contribution in [0.2, 0.25) is 10.0 Å². The Hall–Kier alpha value is -1.86. The molecule has 3 rings (SSSR count). The first-order chi connectivity index (χ1) is 13.3. The molecule has 1 heterocycles. The molecule has 150 valence electrons. The van der Waals surface area contributed by atoms with Crippen LogP contribution in [0, 0.1) is 12.7 Å². The number of carbonyl (C=O) groups is 1. The lowest BCUT2D eigenvalue weighted by Crippen LogP contribution is -2.48. The van der Waals surface area contributed by atoms with Gasteiger partial charge in [0, 0.05) is 33.2 Å². The Labute approximate surface area is 173 Å². The normalized spacial score (nSPS) is 17.4. The standard InChI is InChI=1S/C20H22Cl2FN3O2/c1-13-9-15(23)4-5-16(13)19-11-24-7-8-26(19)28-20(27)25(2)12-14-3-6-17(21)18(22)10-14/h3-6,9-10,19,24H,7-8,11-12H2,1-2H3/t19-/m1/s1. The molecule has 1 aliphatic rings. The van der Waals surface area contributed by atoms with Gasteiger partial charge < -0.3 is 15.1 Å². The van der Waals surface area contributed by atoms with E-state index in [1.54, 1.807) is 30.3 Å². The van der Waals surface area contributed by atoms with E-state index < -0.39 is 6.09 Å². The number of hydrogen-bond donors (Lipinski definition) is 1. The second kappa shape index (κ2) is 9.09. The fourth-order valence-corrected chi connectivity index (χ4v) is 3.54. The minimum Gasteiger partial charge on any atom is -0.350 e. The van der Waals surface area contributed by atoms with Crippen molar-refractivity contribution in [2.45, 2.75) is 19.5 Å². The molecule has 1 saturated heterocycles. The average Bonchev–Trinajstić information content (AvgIpc) is 2.65. The Morgan fingerprint density at radius 2 is 2.07 bits per heavy atom. The van der Waals surface area contributed by atoms with E-state index in [0.717, 1.165) is 16.7 Å². The molecule has 28 heavy (non-hydrogen) atoms. The number of amides is 1. The summed E-state index contributed by atoms with van der Waals surface area (Å²) in [5.41, 5.74) is 2.59. The van der Waals surface area contributed by atoms with E-state index in [1.807, 2.05) is 13.0 Å². The number of benzene rings is 2. The highest BCUT2D eigenvalue weighted by molar-refractivity contribution is 6.42. The van der Waals surface area contributed by atoms with E-state index in [2.05, 4.69) is 5.32 Å². The summed E-state index contributed by atoms with van der Waals surface area (Å²) < 4.78 is 13.4. The SMILES string of the molecule is Cc1cc(F)ccc1[C@H]1CNCCN1OC(=O)N(C)Cc1ccc(Cl)c(Cl)c1. The quantitative estimate of drug-likeness (QED) is 0.778. The Bertz CT molecular complexity index is 865. The number of nitrogens with one attached hydrogen (secondary N) is 1. The van der Waals surface area contributed by atoms with Crippen LogP contribution in [0.1, 0.15) is 22.7 Å². The molecule has 0 saturated carbocycles. The molecule has 1 fully saturated rings. The summed E-state index contributed by atoms with van der Waals surface area (Å²) in [6, 6.07) is 9.70. The van der Waals surface area contributed by atoms with Gasteiger partial charge in [0.1, 0.15) is 5.82 Å². The number of aryl methyl sites for hydroxylation is 1. The highest BCUT2D eigenvalue weighted by Gasteiger charge is 2.29. The third kappa shape index (κ3) is 4.94. The molecular weight excluding hydrogens is 404 g/mol. The molecule has 1 N–H and O–H groups in total. The maximum atomic E-state index is 13.4. The topological polar surface area (TPSA) is 44.8 Å². The fourth-order valence-electron chi connectivity index (χ4n) is 3.22. The summed E-state index contributed by atoms with van der Waals surface area (Å²) >= 11 is 12.0. The van der Waals surface area contributed by atoms with Crippen molar-refractivity contribution in [1.29, 1.82) is 0 Å². The number of carbonyl (C=O) groups excluding carboxylic acids is 1. The van der Waals surface area contributed by atoms with Gasteiger partial charge in [0.15, 0.2) is 0 Å². The second-order valence-corrected chi connectivity index (χ2v) is 7.64. The summed E-state index contributed by atoms with van der Waals surface area (Å²) in [6.45, 7) is 4.02. The summed E-state index contributed by atoms with van der Waals surface area (Å²) in [6.07, 6.45) is -0.474. The van der Waals surface area contributed by atoms with Gasteiger partial charge in [-0.05, 0) is 47.9 Å². The molecule has 2 aromatic rings. The van der Waals surface area contributed by atoms with Crippen LogP contribution in [0.5, 0.6) is 0 Å². The highest BCUT2D eigenvalue weighted by Crippen LogP contribution is 2.27. The third-order valence-electron chi connectivity index (χ3n) is 4.70. The molecule has 1 amide bonds. The largest absolute Gasteiger partial charge is 0.428 e. The molecule has 0 radical (unpaired) electrons. The average molecular weight is 426 g/mol. The van der Waals surface area contributed by atoms with E-state index in [-0.39, 0.29) is 11.9 Å². The van der Waals surface area contributed by atoms with Gasteiger partial charge in [0.2, 0.25) is 0 Å². The van der Waals surface area contributed by atoms with Gasteiger partial charge in [-0.2, -0.15) is 0 Å². The molecule has 0 aromatic heterocycles. The van der Waals surface area contributed by atoms with Gasteiger partial charge in [-0.3, -0.25) is 0 Å². The maximum Gasteiger partial charge on any atom is 0.428 e. The minimum atomic E-state index is -0.474. The van der Waals surface area contributed by atoms with Crippen molar-refractivity contribution < 1.29 is 14.0 Å². The van der Waals surface area contributed by atoms with E-state index in [1.165, 1.54) is 17.0 Å². The van der Waals surface area contributed by atoms with E-state index >= 15 is 0 Å². The number of halogens is 3. The fraction of sp³-hybridized carbons (Fsp3) is 0.350. The van der Waals surface area contributed by atoms with Crippen LogP contribution in [0.3, 0.4) is 0 Å².